The summed E-state index contributed by atoms with van der Waals surface area (Å²) in [5, 5.41) is 6.74. The lowest BCUT2D eigenvalue weighted by molar-refractivity contribution is -0.141. The van der Waals surface area contributed by atoms with Crippen LogP contribution in [0.4, 0.5) is 4.39 Å². The molecular weight excluding hydrogens is 353 g/mol. The van der Waals surface area contributed by atoms with Gasteiger partial charge in [0.15, 0.2) is 5.60 Å². The van der Waals surface area contributed by atoms with Gasteiger partial charge in [-0.2, -0.15) is 0 Å². The summed E-state index contributed by atoms with van der Waals surface area (Å²) >= 11 is 0. The van der Waals surface area contributed by atoms with Crippen LogP contribution in [0.5, 0.6) is 0 Å². The molecule has 1 unspecified atom stereocenters. The van der Waals surface area contributed by atoms with E-state index in [4.69, 9.17) is 9.57 Å². The second-order valence-corrected chi connectivity index (χ2v) is 7.31. The first-order valence-electron chi connectivity index (χ1n) is 9.23. The Kier molecular flexibility index (Phi) is 4.82. The van der Waals surface area contributed by atoms with Gasteiger partial charge in [-0.1, -0.05) is 17.3 Å². The molecule has 144 valence electrons. The Bertz CT molecular complexity index is 761. The summed E-state index contributed by atoms with van der Waals surface area (Å²) in [5.74, 6) is -0.619. The molecule has 3 aliphatic rings. The molecule has 2 saturated heterocycles. The minimum absolute atomic E-state index is 0.00202. The van der Waals surface area contributed by atoms with Crippen LogP contribution in [-0.2, 0) is 25.7 Å². The summed E-state index contributed by atoms with van der Waals surface area (Å²) in [6.07, 6.45) is 2.34. The highest BCUT2D eigenvalue weighted by atomic mass is 19.1. The Hall–Kier alpha value is -2.48. The predicted molar refractivity (Wildman–Crippen MR) is 94.3 cm³/mol. The fourth-order valence-electron chi connectivity index (χ4n) is 3.76. The van der Waals surface area contributed by atoms with Crippen molar-refractivity contribution in [3.63, 3.8) is 0 Å². The highest BCUT2D eigenvalue weighted by Crippen LogP contribution is 2.34. The van der Waals surface area contributed by atoms with Crippen LogP contribution < -0.4 is 5.32 Å². The summed E-state index contributed by atoms with van der Waals surface area (Å²) in [4.78, 5) is 32.2. The molecule has 3 heterocycles. The maximum Gasteiger partial charge on any atom is 0.269 e. The maximum atomic E-state index is 12.9. The number of benzene rings is 1. The third kappa shape index (κ3) is 3.80. The first-order chi connectivity index (χ1) is 13.0. The topological polar surface area (TPSA) is 80.2 Å². The van der Waals surface area contributed by atoms with Crippen molar-refractivity contribution in [2.24, 2.45) is 5.16 Å². The second-order valence-electron chi connectivity index (χ2n) is 7.31. The number of amides is 2. The van der Waals surface area contributed by atoms with E-state index in [-0.39, 0.29) is 30.3 Å². The molecule has 27 heavy (non-hydrogen) atoms. The van der Waals surface area contributed by atoms with Crippen LogP contribution >= 0.6 is 0 Å². The van der Waals surface area contributed by atoms with E-state index in [2.05, 4.69) is 10.5 Å². The van der Waals surface area contributed by atoms with E-state index in [0.29, 0.717) is 38.2 Å². The molecule has 0 radical (unpaired) electrons. The highest BCUT2D eigenvalue weighted by molar-refractivity contribution is 6.39. The van der Waals surface area contributed by atoms with Gasteiger partial charge in [0.1, 0.15) is 17.6 Å². The Morgan fingerprint density at radius 3 is 2.89 bits per heavy atom. The number of oxime groups is 1. The SMILES string of the molecule is O=C(NCc1ccc(F)cc1)C1=NOC2(CCN(C(=O)[C@H]3CCCO3)C2)C1. The molecule has 1 spiro atoms. The van der Waals surface area contributed by atoms with Gasteiger partial charge < -0.3 is 19.8 Å². The van der Waals surface area contributed by atoms with Crippen LogP contribution in [0.3, 0.4) is 0 Å². The van der Waals surface area contributed by atoms with Crippen molar-refractivity contribution in [3.05, 3.63) is 35.6 Å². The van der Waals surface area contributed by atoms with Gasteiger partial charge in [-0.05, 0) is 30.5 Å². The maximum absolute atomic E-state index is 12.9. The monoisotopic (exact) mass is 375 g/mol. The Balaban J connectivity index is 1.29. The largest absolute Gasteiger partial charge is 0.386 e. The van der Waals surface area contributed by atoms with Crippen molar-refractivity contribution in [1.82, 2.24) is 10.2 Å². The molecule has 2 amide bonds. The Morgan fingerprint density at radius 1 is 1.33 bits per heavy atom. The molecule has 0 aliphatic carbocycles. The number of hydrogen-bond acceptors (Lipinski definition) is 5. The quantitative estimate of drug-likeness (QED) is 0.862. The zero-order chi connectivity index (χ0) is 18.9. The van der Waals surface area contributed by atoms with E-state index >= 15 is 0 Å². The van der Waals surface area contributed by atoms with Crippen LogP contribution in [0.25, 0.3) is 0 Å². The minimum atomic E-state index is -0.614. The number of hydrogen-bond donors (Lipinski definition) is 1. The van der Waals surface area contributed by atoms with E-state index in [1.165, 1.54) is 12.1 Å². The van der Waals surface area contributed by atoms with Crippen LogP contribution in [0, 0.1) is 5.82 Å². The number of rotatable bonds is 4. The van der Waals surface area contributed by atoms with Gasteiger partial charge >= 0.3 is 0 Å². The highest BCUT2D eigenvalue weighted by Gasteiger charge is 2.48. The molecule has 4 rings (SSSR count). The number of carbonyl (C=O) groups excluding carboxylic acids is 2. The summed E-state index contributed by atoms with van der Waals surface area (Å²) < 4.78 is 18.4. The Morgan fingerprint density at radius 2 is 2.15 bits per heavy atom. The molecule has 0 saturated carbocycles. The normalized spacial score (nSPS) is 26.9. The van der Waals surface area contributed by atoms with E-state index in [1.807, 2.05) is 0 Å². The van der Waals surface area contributed by atoms with E-state index in [1.54, 1.807) is 17.0 Å². The molecule has 3 aliphatic heterocycles. The summed E-state index contributed by atoms with van der Waals surface area (Å²) in [6, 6.07) is 5.95. The molecular formula is C19H22FN3O4. The van der Waals surface area contributed by atoms with Gasteiger partial charge in [-0.25, -0.2) is 4.39 Å². The van der Waals surface area contributed by atoms with Crippen LogP contribution in [-0.4, -0.2) is 53.8 Å². The lowest BCUT2D eigenvalue weighted by atomic mass is 9.96. The average molecular weight is 375 g/mol. The van der Waals surface area contributed by atoms with Crippen molar-refractivity contribution in [2.75, 3.05) is 19.7 Å². The molecule has 1 aromatic carbocycles. The number of likely N-dealkylation sites (tertiary alicyclic amines) is 1. The van der Waals surface area contributed by atoms with E-state index < -0.39 is 5.60 Å². The second kappa shape index (κ2) is 7.26. The predicted octanol–water partition coefficient (Wildman–Crippen LogP) is 1.37. The number of nitrogens with one attached hydrogen (secondary N) is 1. The third-order valence-corrected chi connectivity index (χ3v) is 5.30. The molecule has 2 fully saturated rings. The summed E-state index contributed by atoms with van der Waals surface area (Å²) in [5.41, 5.74) is 0.508. The molecule has 2 atom stereocenters. The van der Waals surface area contributed by atoms with Gasteiger partial charge in [0.05, 0.1) is 6.54 Å². The van der Waals surface area contributed by atoms with Crippen LogP contribution in [0.1, 0.15) is 31.2 Å². The molecule has 1 N–H and O–H groups in total. The lowest BCUT2D eigenvalue weighted by Gasteiger charge is -2.23. The van der Waals surface area contributed by atoms with Crippen LogP contribution in [0.15, 0.2) is 29.4 Å². The standard InChI is InChI=1S/C19H22FN3O4/c20-14-5-3-13(4-6-14)11-21-17(24)15-10-19(27-22-15)7-8-23(12-19)18(25)16-2-1-9-26-16/h3-6,16H,1-2,7-12H2,(H,21,24)/t16-,19?/m1/s1. The molecule has 7 nitrogen and oxygen atoms in total. The van der Waals surface area contributed by atoms with Gasteiger partial charge in [0, 0.05) is 32.5 Å². The van der Waals surface area contributed by atoms with Crippen LogP contribution in [0.2, 0.25) is 0 Å². The minimum Gasteiger partial charge on any atom is -0.386 e. The molecule has 1 aromatic rings. The van der Waals surface area contributed by atoms with Gasteiger partial charge in [-0.15, -0.1) is 0 Å². The first kappa shape index (κ1) is 17.9. The smallest absolute Gasteiger partial charge is 0.269 e. The summed E-state index contributed by atoms with van der Waals surface area (Å²) in [7, 11) is 0. The average Bonchev–Trinajstić information content (AvgIpc) is 3.43. The van der Waals surface area contributed by atoms with Crippen molar-refractivity contribution in [1.29, 1.82) is 0 Å². The zero-order valence-electron chi connectivity index (χ0n) is 14.9. The van der Waals surface area contributed by atoms with Crippen molar-refractivity contribution < 1.29 is 23.6 Å². The number of halogens is 1. The number of nitrogens with zero attached hydrogens (tertiary/aromatic N) is 2. The Labute approximate surface area is 156 Å². The van der Waals surface area contributed by atoms with Crippen molar-refractivity contribution >= 4 is 17.5 Å². The fourth-order valence-corrected chi connectivity index (χ4v) is 3.76. The summed E-state index contributed by atoms with van der Waals surface area (Å²) in [6.45, 7) is 1.92. The number of ether oxygens (including phenoxy) is 1. The van der Waals surface area contributed by atoms with Gasteiger partial charge in [0.2, 0.25) is 0 Å². The van der Waals surface area contributed by atoms with E-state index in [0.717, 1.165) is 18.4 Å². The fraction of sp³-hybridized carbons (Fsp3) is 0.526. The third-order valence-electron chi connectivity index (χ3n) is 5.30. The zero-order valence-corrected chi connectivity index (χ0v) is 14.9. The van der Waals surface area contributed by atoms with Gasteiger partial charge in [0.25, 0.3) is 11.8 Å². The molecule has 8 heteroatoms. The molecule has 0 bridgehead atoms. The number of carbonyl (C=O) groups is 2. The van der Waals surface area contributed by atoms with Crippen molar-refractivity contribution in [3.8, 4) is 0 Å². The van der Waals surface area contributed by atoms with E-state index in [9.17, 15) is 14.0 Å². The van der Waals surface area contributed by atoms with Crippen molar-refractivity contribution in [2.45, 2.75) is 43.9 Å². The first-order valence-corrected chi connectivity index (χ1v) is 9.23. The molecule has 0 aromatic heterocycles. The lowest BCUT2D eigenvalue weighted by Crippen LogP contribution is -2.41. The van der Waals surface area contributed by atoms with Gasteiger partial charge in [-0.3, -0.25) is 9.59 Å².